The number of halogens is 1. The Balaban J connectivity index is 3.15. The lowest BCUT2D eigenvalue weighted by molar-refractivity contribution is 0.143. The van der Waals surface area contributed by atoms with Crippen molar-refractivity contribution in [3.63, 3.8) is 0 Å². The minimum Gasteiger partial charge on any atom is -0.378 e. The fourth-order valence-electron chi connectivity index (χ4n) is 1.14. The molecular weight excluding hydrogens is 252 g/mol. The summed E-state index contributed by atoms with van der Waals surface area (Å²) in [5.41, 5.74) is 2.30. The quantitative estimate of drug-likeness (QED) is 0.716. The fraction of sp³-hybridized carbons (Fsp3) is 0.385. The van der Waals surface area contributed by atoms with Crippen molar-refractivity contribution < 1.29 is 5.11 Å². The van der Waals surface area contributed by atoms with Gasteiger partial charge in [-0.25, -0.2) is 0 Å². The molecule has 1 N–H and O–H groups in total. The first kappa shape index (κ1) is 12.3. The van der Waals surface area contributed by atoms with E-state index in [1.165, 1.54) is 0 Å². The van der Waals surface area contributed by atoms with Crippen LogP contribution in [0.2, 0.25) is 0 Å². The maximum Gasteiger partial charge on any atom is 0.120 e. The minimum absolute atomic E-state index is 0.937. The van der Waals surface area contributed by atoms with Gasteiger partial charge in [0, 0.05) is 10.0 Å². The Labute approximate surface area is 99.6 Å². The Kier molecular flexibility index (Phi) is 3.59. The predicted octanol–water partition coefficient (Wildman–Crippen LogP) is 3.19. The predicted molar refractivity (Wildman–Crippen MR) is 66.8 cm³/mol. The summed E-state index contributed by atoms with van der Waals surface area (Å²) >= 11 is 3.47. The molecule has 2 heteroatoms. The van der Waals surface area contributed by atoms with Gasteiger partial charge in [-0.3, -0.25) is 0 Å². The smallest absolute Gasteiger partial charge is 0.120 e. The highest BCUT2D eigenvalue weighted by Crippen LogP contribution is 2.20. The number of hydrogen-bond acceptors (Lipinski definition) is 1. The van der Waals surface area contributed by atoms with Crippen LogP contribution in [0.5, 0.6) is 0 Å². The van der Waals surface area contributed by atoms with Crippen LogP contribution in [-0.2, 0) is 0 Å². The summed E-state index contributed by atoms with van der Waals surface area (Å²) in [6.07, 6.45) is 0. The van der Waals surface area contributed by atoms with E-state index in [1.807, 2.05) is 26.0 Å². The summed E-state index contributed by atoms with van der Waals surface area (Å²) < 4.78 is 1.09. The number of hydrogen-bond donors (Lipinski definition) is 1. The summed E-state index contributed by atoms with van der Waals surface area (Å²) in [4.78, 5) is 0. The number of rotatable bonds is 0. The Hall–Kier alpha value is -0.780. The largest absolute Gasteiger partial charge is 0.378 e. The van der Waals surface area contributed by atoms with Crippen LogP contribution in [0, 0.1) is 25.7 Å². The average molecular weight is 267 g/mol. The van der Waals surface area contributed by atoms with E-state index < -0.39 is 5.60 Å². The lowest BCUT2D eigenvalue weighted by Gasteiger charge is -2.07. The number of aryl methyl sites for hydroxylation is 2. The van der Waals surface area contributed by atoms with Crippen LogP contribution in [0.3, 0.4) is 0 Å². The van der Waals surface area contributed by atoms with E-state index in [0.717, 1.165) is 21.2 Å². The monoisotopic (exact) mass is 266 g/mol. The molecular formula is C13H15BrO. The highest BCUT2D eigenvalue weighted by atomic mass is 79.9. The molecule has 1 aromatic carbocycles. The third kappa shape index (κ3) is 3.70. The summed E-state index contributed by atoms with van der Waals surface area (Å²) in [5.74, 6) is 5.82. The first-order chi connectivity index (χ1) is 6.79. The molecule has 0 fully saturated rings. The molecule has 0 saturated heterocycles. The van der Waals surface area contributed by atoms with E-state index in [0.29, 0.717) is 0 Å². The van der Waals surface area contributed by atoms with Gasteiger partial charge in [0.25, 0.3) is 0 Å². The number of benzene rings is 1. The van der Waals surface area contributed by atoms with Gasteiger partial charge in [0.05, 0.1) is 0 Å². The third-order valence-electron chi connectivity index (χ3n) is 2.01. The Morgan fingerprint density at radius 2 is 1.80 bits per heavy atom. The van der Waals surface area contributed by atoms with Gasteiger partial charge >= 0.3 is 0 Å². The van der Waals surface area contributed by atoms with E-state index in [4.69, 9.17) is 0 Å². The third-order valence-corrected chi connectivity index (χ3v) is 2.86. The van der Waals surface area contributed by atoms with E-state index in [9.17, 15) is 5.11 Å². The van der Waals surface area contributed by atoms with Crippen molar-refractivity contribution in [2.24, 2.45) is 0 Å². The van der Waals surface area contributed by atoms with Crippen molar-refractivity contribution in [2.75, 3.05) is 0 Å². The maximum absolute atomic E-state index is 9.51. The Morgan fingerprint density at radius 1 is 1.20 bits per heavy atom. The number of aliphatic hydroxyl groups is 1. The summed E-state index contributed by atoms with van der Waals surface area (Å²) in [6, 6.07) is 4.07. The molecule has 0 aromatic heterocycles. The molecule has 0 spiro atoms. The lowest BCUT2D eigenvalue weighted by Crippen LogP contribution is -2.14. The summed E-state index contributed by atoms with van der Waals surface area (Å²) in [5, 5.41) is 9.51. The van der Waals surface area contributed by atoms with E-state index in [2.05, 4.69) is 27.8 Å². The molecule has 0 unspecified atom stereocenters. The topological polar surface area (TPSA) is 20.2 Å². The van der Waals surface area contributed by atoms with Gasteiger partial charge in [0.1, 0.15) is 5.60 Å². The van der Waals surface area contributed by atoms with Crippen LogP contribution in [0.4, 0.5) is 0 Å². The molecule has 0 bridgehead atoms. The van der Waals surface area contributed by atoms with Crippen molar-refractivity contribution in [1.82, 2.24) is 0 Å². The van der Waals surface area contributed by atoms with Crippen LogP contribution in [-0.4, -0.2) is 10.7 Å². The molecule has 1 aromatic rings. The second-order valence-electron chi connectivity index (χ2n) is 4.23. The lowest BCUT2D eigenvalue weighted by atomic mass is 10.0. The molecule has 0 amide bonds. The molecule has 0 aliphatic rings. The highest BCUT2D eigenvalue weighted by Gasteiger charge is 2.06. The molecule has 0 radical (unpaired) electrons. The van der Waals surface area contributed by atoms with E-state index >= 15 is 0 Å². The van der Waals surface area contributed by atoms with Crippen molar-refractivity contribution in [1.29, 1.82) is 0 Å². The standard InChI is InChI=1S/C13H15BrO/c1-9-8-12(14)10(2)7-11(9)5-6-13(3,4)15/h7-8,15H,1-4H3. The van der Waals surface area contributed by atoms with E-state index in [1.54, 1.807) is 13.8 Å². The fourth-order valence-corrected chi connectivity index (χ4v) is 1.59. The zero-order chi connectivity index (χ0) is 11.6. The van der Waals surface area contributed by atoms with Crippen molar-refractivity contribution in [3.05, 3.63) is 33.3 Å². The van der Waals surface area contributed by atoms with Crippen molar-refractivity contribution in [3.8, 4) is 11.8 Å². The van der Waals surface area contributed by atoms with Gasteiger partial charge in [0.2, 0.25) is 0 Å². The maximum atomic E-state index is 9.51. The van der Waals surface area contributed by atoms with Gasteiger partial charge in [-0.2, -0.15) is 0 Å². The molecule has 15 heavy (non-hydrogen) atoms. The molecule has 0 atom stereocenters. The average Bonchev–Trinajstić information content (AvgIpc) is 2.07. The van der Waals surface area contributed by atoms with Crippen molar-refractivity contribution in [2.45, 2.75) is 33.3 Å². The van der Waals surface area contributed by atoms with Crippen LogP contribution < -0.4 is 0 Å². The Bertz CT molecular complexity index is 430. The molecule has 0 heterocycles. The molecule has 0 saturated carbocycles. The molecule has 1 rings (SSSR count). The first-order valence-electron chi connectivity index (χ1n) is 4.82. The second-order valence-corrected chi connectivity index (χ2v) is 5.08. The highest BCUT2D eigenvalue weighted by molar-refractivity contribution is 9.10. The normalized spacial score (nSPS) is 10.8. The molecule has 0 aliphatic carbocycles. The van der Waals surface area contributed by atoms with E-state index in [-0.39, 0.29) is 0 Å². The van der Waals surface area contributed by atoms with Crippen LogP contribution >= 0.6 is 15.9 Å². The summed E-state index contributed by atoms with van der Waals surface area (Å²) in [7, 11) is 0. The van der Waals surface area contributed by atoms with Gasteiger partial charge in [-0.1, -0.05) is 27.8 Å². The molecule has 0 aliphatic heterocycles. The van der Waals surface area contributed by atoms with Crippen LogP contribution in [0.15, 0.2) is 16.6 Å². The van der Waals surface area contributed by atoms with Gasteiger partial charge < -0.3 is 5.11 Å². The SMILES string of the molecule is Cc1cc(C#CC(C)(C)O)c(C)cc1Br. The Morgan fingerprint density at radius 3 is 2.33 bits per heavy atom. The van der Waals surface area contributed by atoms with Gasteiger partial charge in [-0.05, 0) is 51.0 Å². The second kappa shape index (κ2) is 4.38. The van der Waals surface area contributed by atoms with Crippen LogP contribution in [0.1, 0.15) is 30.5 Å². The first-order valence-corrected chi connectivity index (χ1v) is 5.61. The zero-order valence-corrected chi connectivity index (χ0v) is 11.1. The van der Waals surface area contributed by atoms with Crippen molar-refractivity contribution >= 4 is 15.9 Å². The van der Waals surface area contributed by atoms with Crippen LogP contribution in [0.25, 0.3) is 0 Å². The van der Waals surface area contributed by atoms with Gasteiger partial charge in [0.15, 0.2) is 0 Å². The minimum atomic E-state index is -0.937. The zero-order valence-electron chi connectivity index (χ0n) is 9.48. The van der Waals surface area contributed by atoms with Gasteiger partial charge in [-0.15, -0.1) is 0 Å². The molecule has 1 nitrogen and oxygen atoms in total. The molecule has 80 valence electrons. The summed E-state index contributed by atoms with van der Waals surface area (Å²) in [6.45, 7) is 7.40.